The van der Waals surface area contributed by atoms with Gasteiger partial charge >= 0.3 is 0 Å². The topological polar surface area (TPSA) is 29.0 Å². The highest BCUT2D eigenvalue weighted by Crippen LogP contribution is 2.29. The van der Waals surface area contributed by atoms with Crippen LogP contribution in [0, 0.1) is 0 Å². The molecule has 1 fully saturated rings. The first kappa shape index (κ1) is 8.23. The zero-order valence-electron chi connectivity index (χ0n) is 6.24. The summed E-state index contributed by atoms with van der Waals surface area (Å²) >= 11 is 11.5. The molecule has 1 aromatic rings. The molecule has 0 aromatic carbocycles. The maximum Gasteiger partial charge on any atom is 0.150 e. The van der Waals surface area contributed by atoms with Crippen molar-refractivity contribution in [1.82, 2.24) is 14.4 Å². The average Bonchev–Trinajstić information content (AvgIpc) is 2.01. The van der Waals surface area contributed by atoms with Crippen LogP contribution in [0.4, 0.5) is 0 Å². The number of halogens is 2. The van der Waals surface area contributed by atoms with E-state index in [1.165, 1.54) is 0 Å². The fourth-order valence-electron chi connectivity index (χ4n) is 1.20. The molecule has 1 saturated heterocycles. The summed E-state index contributed by atoms with van der Waals surface area (Å²) in [5.41, 5.74) is 0.857. The van der Waals surface area contributed by atoms with E-state index < -0.39 is 0 Å². The number of aromatic nitrogens is 2. The molecule has 2 heterocycles. The van der Waals surface area contributed by atoms with Crippen molar-refractivity contribution in [1.29, 1.82) is 0 Å². The lowest BCUT2D eigenvalue weighted by atomic mass is 10.00. The quantitative estimate of drug-likeness (QED) is 0.651. The van der Waals surface area contributed by atoms with Gasteiger partial charge in [-0.3, -0.25) is 4.98 Å². The molecule has 0 bridgehead atoms. The van der Waals surface area contributed by atoms with E-state index in [2.05, 4.69) is 9.97 Å². The van der Waals surface area contributed by atoms with E-state index in [4.69, 9.17) is 23.4 Å². The predicted molar refractivity (Wildman–Crippen MR) is 47.2 cm³/mol. The Kier molecular flexibility index (Phi) is 2.17. The van der Waals surface area contributed by atoms with Crippen molar-refractivity contribution in [3.05, 3.63) is 23.2 Å². The summed E-state index contributed by atoms with van der Waals surface area (Å²) in [5, 5.41) is 0.493. The Morgan fingerprint density at radius 1 is 1.33 bits per heavy atom. The summed E-state index contributed by atoms with van der Waals surface area (Å²) in [6.45, 7) is 1.61. The summed E-state index contributed by atoms with van der Waals surface area (Å²) in [6, 6.07) is 0. The number of rotatable bonds is 1. The SMILES string of the molecule is Clc1nccnc1C1CN(Cl)C1. The highest BCUT2D eigenvalue weighted by Gasteiger charge is 2.29. The van der Waals surface area contributed by atoms with E-state index in [9.17, 15) is 0 Å². The third-order valence-electron chi connectivity index (χ3n) is 1.90. The smallest absolute Gasteiger partial charge is 0.150 e. The predicted octanol–water partition coefficient (Wildman–Crippen LogP) is 1.68. The second-order valence-electron chi connectivity index (χ2n) is 2.76. The number of hydrogen-bond acceptors (Lipinski definition) is 3. The van der Waals surface area contributed by atoms with Gasteiger partial charge in [0.25, 0.3) is 0 Å². The molecule has 0 saturated carbocycles. The van der Waals surface area contributed by atoms with Crippen molar-refractivity contribution < 1.29 is 0 Å². The van der Waals surface area contributed by atoms with E-state index in [0.29, 0.717) is 11.1 Å². The maximum absolute atomic E-state index is 5.84. The molecule has 0 unspecified atom stereocenters. The van der Waals surface area contributed by atoms with Crippen LogP contribution in [0.5, 0.6) is 0 Å². The van der Waals surface area contributed by atoms with E-state index in [1.807, 2.05) is 0 Å². The van der Waals surface area contributed by atoms with Crippen molar-refractivity contribution in [2.45, 2.75) is 5.92 Å². The summed E-state index contributed by atoms with van der Waals surface area (Å²) < 4.78 is 1.70. The number of hydrogen-bond donors (Lipinski definition) is 0. The molecule has 1 aromatic heterocycles. The monoisotopic (exact) mass is 203 g/mol. The minimum absolute atomic E-state index is 0.351. The molecule has 0 radical (unpaired) electrons. The van der Waals surface area contributed by atoms with Gasteiger partial charge in [0.1, 0.15) is 0 Å². The zero-order valence-corrected chi connectivity index (χ0v) is 7.76. The van der Waals surface area contributed by atoms with Crippen molar-refractivity contribution in [3.63, 3.8) is 0 Å². The van der Waals surface area contributed by atoms with Crippen LogP contribution in [-0.4, -0.2) is 27.5 Å². The van der Waals surface area contributed by atoms with E-state index in [1.54, 1.807) is 16.8 Å². The molecule has 0 atom stereocenters. The van der Waals surface area contributed by atoms with Crippen LogP contribution >= 0.6 is 23.4 Å². The lowest BCUT2D eigenvalue weighted by molar-refractivity contribution is 0.273. The molecule has 0 spiro atoms. The van der Waals surface area contributed by atoms with Crippen LogP contribution in [-0.2, 0) is 0 Å². The minimum Gasteiger partial charge on any atom is -0.256 e. The largest absolute Gasteiger partial charge is 0.256 e. The molecule has 1 aliphatic heterocycles. The van der Waals surface area contributed by atoms with Gasteiger partial charge in [-0.1, -0.05) is 11.6 Å². The Labute approximate surface area is 80.4 Å². The first-order valence-corrected chi connectivity index (χ1v) is 4.36. The lowest BCUT2D eigenvalue weighted by Crippen LogP contribution is -2.38. The fourth-order valence-corrected chi connectivity index (χ4v) is 1.80. The molecule has 64 valence electrons. The molecule has 5 heteroatoms. The fraction of sp³-hybridized carbons (Fsp3) is 0.429. The van der Waals surface area contributed by atoms with Gasteiger partial charge in [-0.25, -0.2) is 9.40 Å². The van der Waals surface area contributed by atoms with Crippen LogP contribution < -0.4 is 0 Å². The Bertz CT molecular complexity index is 286. The van der Waals surface area contributed by atoms with Gasteiger partial charge in [-0.05, 0) is 11.8 Å². The summed E-state index contributed by atoms with van der Waals surface area (Å²) in [4.78, 5) is 8.10. The molecule has 0 aliphatic carbocycles. The maximum atomic E-state index is 5.84. The third kappa shape index (κ3) is 1.40. The van der Waals surface area contributed by atoms with Crippen LogP contribution in [0.25, 0.3) is 0 Å². The Hall–Kier alpha value is -0.380. The van der Waals surface area contributed by atoms with Crippen LogP contribution in [0.2, 0.25) is 5.15 Å². The van der Waals surface area contributed by atoms with E-state index in [0.717, 1.165) is 18.8 Å². The first-order chi connectivity index (χ1) is 5.77. The number of nitrogens with zero attached hydrogens (tertiary/aromatic N) is 3. The van der Waals surface area contributed by atoms with Crippen LogP contribution in [0.1, 0.15) is 11.6 Å². The lowest BCUT2D eigenvalue weighted by Gasteiger charge is -2.32. The molecular weight excluding hydrogens is 197 g/mol. The van der Waals surface area contributed by atoms with Gasteiger partial charge in [-0.2, -0.15) is 0 Å². The van der Waals surface area contributed by atoms with E-state index >= 15 is 0 Å². The first-order valence-electron chi connectivity index (χ1n) is 3.64. The summed E-state index contributed by atoms with van der Waals surface area (Å²) in [6.07, 6.45) is 3.24. The van der Waals surface area contributed by atoms with Gasteiger partial charge < -0.3 is 0 Å². The molecule has 0 amide bonds. The van der Waals surface area contributed by atoms with Crippen LogP contribution in [0.15, 0.2) is 12.4 Å². The molecular formula is C7H7Cl2N3. The van der Waals surface area contributed by atoms with Gasteiger partial charge in [0.2, 0.25) is 0 Å². The molecule has 3 nitrogen and oxygen atoms in total. The third-order valence-corrected chi connectivity index (χ3v) is 2.47. The normalized spacial score (nSPS) is 19.2. The highest BCUT2D eigenvalue weighted by molar-refractivity contribution is 6.30. The molecule has 12 heavy (non-hydrogen) atoms. The van der Waals surface area contributed by atoms with Crippen molar-refractivity contribution >= 4 is 23.4 Å². The van der Waals surface area contributed by atoms with Gasteiger partial charge in [-0.15, -0.1) is 0 Å². The standard InChI is InChI=1S/C7H7Cl2N3/c8-7-6(10-1-2-11-7)5-3-12(9)4-5/h1-2,5H,3-4H2. The highest BCUT2D eigenvalue weighted by atomic mass is 35.5. The van der Waals surface area contributed by atoms with Gasteiger partial charge in [0.15, 0.2) is 5.15 Å². The molecule has 0 N–H and O–H groups in total. The van der Waals surface area contributed by atoms with E-state index in [-0.39, 0.29) is 0 Å². The van der Waals surface area contributed by atoms with Gasteiger partial charge in [0.05, 0.1) is 5.69 Å². The Morgan fingerprint density at radius 3 is 2.58 bits per heavy atom. The summed E-state index contributed by atoms with van der Waals surface area (Å²) in [7, 11) is 0. The summed E-state index contributed by atoms with van der Waals surface area (Å²) in [5.74, 6) is 0.351. The van der Waals surface area contributed by atoms with Crippen LogP contribution in [0.3, 0.4) is 0 Å². The average molecular weight is 204 g/mol. The zero-order chi connectivity index (χ0) is 8.55. The molecule has 1 aliphatic rings. The second kappa shape index (κ2) is 3.17. The molecule has 2 rings (SSSR count). The Balaban J connectivity index is 2.18. The van der Waals surface area contributed by atoms with Gasteiger partial charge in [0, 0.05) is 31.4 Å². The van der Waals surface area contributed by atoms with Crippen molar-refractivity contribution in [2.24, 2.45) is 0 Å². The Morgan fingerprint density at radius 2 is 2.00 bits per heavy atom. The van der Waals surface area contributed by atoms with Crippen molar-refractivity contribution in [3.8, 4) is 0 Å². The second-order valence-corrected chi connectivity index (χ2v) is 3.59. The minimum atomic E-state index is 0.351. The van der Waals surface area contributed by atoms with Crippen molar-refractivity contribution in [2.75, 3.05) is 13.1 Å².